The molecule has 1 aliphatic rings. The molecule has 0 radical (unpaired) electrons. The van der Waals surface area contributed by atoms with Crippen LogP contribution in [0.2, 0.25) is 0 Å². The first kappa shape index (κ1) is 17.9. The predicted molar refractivity (Wildman–Crippen MR) is 93.0 cm³/mol. The number of fused-ring (bicyclic) bond motifs is 1. The van der Waals surface area contributed by atoms with Crippen molar-refractivity contribution in [2.24, 2.45) is 5.73 Å². The van der Waals surface area contributed by atoms with Crippen molar-refractivity contribution in [3.05, 3.63) is 40.3 Å². The van der Waals surface area contributed by atoms with Crippen molar-refractivity contribution in [2.45, 2.75) is 32.6 Å². The summed E-state index contributed by atoms with van der Waals surface area (Å²) in [5, 5.41) is 3.08. The van der Waals surface area contributed by atoms with Gasteiger partial charge < -0.3 is 15.8 Å². The van der Waals surface area contributed by atoms with Gasteiger partial charge in [-0.15, -0.1) is 11.3 Å². The van der Waals surface area contributed by atoms with Crippen molar-refractivity contribution in [1.29, 1.82) is 0 Å². The third-order valence-electron chi connectivity index (χ3n) is 3.55. The Labute approximate surface area is 144 Å². The lowest BCUT2D eigenvalue weighted by Crippen LogP contribution is -2.22. The van der Waals surface area contributed by atoms with E-state index in [-0.39, 0.29) is 0 Å². The molecule has 24 heavy (non-hydrogen) atoms. The largest absolute Gasteiger partial charge is 0.452 e. The number of primary amides is 1. The Balaban J connectivity index is 2.00. The van der Waals surface area contributed by atoms with E-state index in [2.05, 4.69) is 5.32 Å². The molecule has 0 unspecified atom stereocenters. The zero-order chi connectivity index (χ0) is 17.5. The zero-order valence-corrected chi connectivity index (χ0v) is 14.3. The fourth-order valence-corrected chi connectivity index (χ4v) is 3.82. The molecule has 1 heterocycles. The van der Waals surface area contributed by atoms with E-state index >= 15 is 0 Å². The molecule has 2 amide bonds. The number of allylic oxidation sites excluding steroid dienone is 3. The van der Waals surface area contributed by atoms with E-state index in [1.807, 2.05) is 6.92 Å². The van der Waals surface area contributed by atoms with Gasteiger partial charge in [0.25, 0.3) is 11.8 Å². The molecule has 0 spiro atoms. The van der Waals surface area contributed by atoms with E-state index in [0.29, 0.717) is 10.6 Å². The highest BCUT2D eigenvalue weighted by molar-refractivity contribution is 7.17. The number of esters is 1. The number of amides is 2. The van der Waals surface area contributed by atoms with E-state index in [9.17, 15) is 14.4 Å². The molecule has 0 bridgehead atoms. The van der Waals surface area contributed by atoms with Crippen LogP contribution in [0.15, 0.2) is 24.3 Å². The first-order valence-corrected chi connectivity index (χ1v) is 8.55. The number of carbonyl (C=O) groups is 3. The van der Waals surface area contributed by atoms with Gasteiger partial charge in [-0.25, -0.2) is 4.79 Å². The van der Waals surface area contributed by atoms with Crippen LogP contribution >= 0.6 is 11.3 Å². The second-order valence-corrected chi connectivity index (χ2v) is 6.43. The Bertz CT molecular complexity index is 704. The van der Waals surface area contributed by atoms with Crippen LogP contribution in [0.4, 0.5) is 5.00 Å². The van der Waals surface area contributed by atoms with E-state index in [1.54, 1.807) is 12.2 Å². The third kappa shape index (κ3) is 4.55. The Morgan fingerprint density at radius 2 is 2.00 bits per heavy atom. The predicted octanol–water partition coefficient (Wildman–Crippen LogP) is 2.34. The maximum Gasteiger partial charge on any atom is 0.331 e. The fraction of sp³-hybridized carbons (Fsp3) is 0.353. The van der Waals surface area contributed by atoms with Gasteiger partial charge in [-0.1, -0.05) is 18.2 Å². The molecule has 0 aliphatic heterocycles. The van der Waals surface area contributed by atoms with Crippen LogP contribution in [0.1, 0.15) is 40.6 Å². The number of nitrogens with two attached hydrogens (primary N) is 1. The van der Waals surface area contributed by atoms with E-state index < -0.39 is 24.4 Å². The van der Waals surface area contributed by atoms with Gasteiger partial charge in [0.1, 0.15) is 5.00 Å². The topological polar surface area (TPSA) is 98.5 Å². The number of hydrogen-bond donors (Lipinski definition) is 2. The van der Waals surface area contributed by atoms with Crippen molar-refractivity contribution >= 4 is 34.1 Å². The lowest BCUT2D eigenvalue weighted by Gasteiger charge is -2.11. The summed E-state index contributed by atoms with van der Waals surface area (Å²) in [6.07, 6.45) is 9.95. The molecule has 7 heteroatoms. The van der Waals surface area contributed by atoms with Gasteiger partial charge in [0.2, 0.25) is 0 Å². The van der Waals surface area contributed by atoms with E-state index in [0.717, 1.165) is 36.1 Å². The highest BCUT2D eigenvalue weighted by Gasteiger charge is 2.25. The molecule has 3 N–H and O–H groups in total. The number of rotatable bonds is 6. The summed E-state index contributed by atoms with van der Waals surface area (Å²) in [5.41, 5.74) is 6.80. The molecule has 2 rings (SSSR count). The Hall–Kier alpha value is -2.41. The van der Waals surface area contributed by atoms with Crippen LogP contribution in [0.25, 0.3) is 0 Å². The molecule has 1 aliphatic carbocycles. The summed E-state index contributed by atoms with van der Waals surface area (Å²) >= 11 is 1.37. The van der Waals surface area contributed by atoms with Gasteiger partial charge >= 0.3 is 5.97 Å². The standard InChI is InChI=1S/C17H20N2O4S/c1-2-3-4-9-14(21)23-10-13(20)19-17-15(16(18)22)11-7-5-6-8-12(11)24-17/h2-4,9H,5-8,10H2,1H3,(H2,18,22)(H,19,20)/b3-2+,9-4+. The van der Waals surface area contributed by atoms with Crippen molar-refractivity contribution in [3.8, 4) is 0 Å². The van der Waals surface area contributed by atoms with Crippen molar-refractivity contribution < 1.29 is 19.1 Å². The molecule has 0 fully saturated rings. The average molecular weight is 348 g/mol. The van der Waals surface area contributed by atoms with Crippen molar-refractivity contribution in [2.75, 3.05) is 11.9 Å². The Kier molecular flexibility index (Phi) is 6.31. The molecule has 0 saturated heterocycles. The normalized spacial score (nSPS) is 13.9. The number of aryl methyl sites for hydroxylation is 1. The summed E-state index contributed by atoms with van der Waals surface area (Å²) in [7, 11) is 0. The molecule has 128 valence electrons. The number of carbonyl (C=O) groups excluding carboxylic acids is 3. The quantitative estimate of drug-likeness (QED) is 0.468. The minimum absolute atomic E-state index is 0.391. The smallest absolute Gasteiger partial charge is 0.331 e. The number of thiophene rings is 1. The summed E-state index contributed by atoms with van der Waals surface area (Å²) in [5.74, 6) is -1.65. The molecule has 0 atom stereocenters. The van der Waals surface area contributed by atoms with E-state index in [1.165, 1.54) is 23.5 Å². The lowest BCUT2D eigenvalue weighted by atomic mass is 9.95. The fourth-order valence-electron chi connectivity index (χ4n) is 2.51. The van der Waals surface area contributed by atoms with Crippen LogP contribution in [-0.2, 0) is 27.2 Å². The first-order valence-electron chi connectivity index (χ1n) is 7.73. The van der Waals surface area contributed by atoms with Gasteiger partial charge in [0.05, 0.1) is 5.56 Å². The first-order chi connectivity index (χ1) is 11.5. The Morgan fingerprint density at radius 1 is 1.25 bits per heavy atom. The summed E-state index contributed by atoms with van der Waals surface area (Å²) in [6.45, 7) is 1.40. The summed E-state index contributed by atoms with van der Waals surface area (Å²) < 4.78 is 4.84. The minimum atomic E-state index is -0.608. The molecule has 0 saturated carbocycles. The summed E-state index contributed by atoms with van der Waals surface area (Å²) in [6, 6.07) is 0. The SMILES string of the molecule is C/C=C/C=C/C(=O)OCC(=O)Nc1sc2c(c1C(N)=O)CCCC2. The lowest BCUT2D eigenvalue weighted by molar-refractivity contribution is -0.142. The molecule has 0 aromatic carbocycles. The maximum absolute atomic E-state index is 12.0. The van der Waals surface area contributed by atoms with E-state index in [4.69, 9.17) is 10.5 Å². The number of ether oxygens (including phenoxy) is 1. The van der Waals surface area contributed by atoms with Crippen molar-refractivity contribution in [1.82, 2.24) is 0 Å². The number of nitrogens with one attached hydrogen (secondary N) is 1. The number of hydrogen-bond acceptors (Lipinski definition) is 5. The van der Waals surface area contributed by atoms with Gasteiger partial charge in [-0.3, -0.25) is 9.59 Å². The van der Waals surface area contributed by atoms with Crippen LogP contribution in [-0.4, -0.2) is 24.4 Å². The molecule has 1 aromatic rings. The van der Waals surface area contributed by atoms with Crippen LogP contribution in [0.3, 0.4) is 0 Å². The van der Waals surface area contributed by atoms with Crippen LogP contribution in [0, 0.1) is 0 Å². The number of anilines is 1. The van der Waals surface area contributed by atoms with Gasteiger partial charge in [-0.2, -0.15) is 0 Å². The van der Waals surface area contributed by atoms with Gasteiger partial charge in [-0.05, 0) is 38.2 Å². The third-order valence-corrected chi connectivity index (χ3v) is 4.76. The van der Waals surface area contributed by atoms with Crippen LogP contribution in [0.5, 0.6) is 0 Å². The Morgan fingerprint density at radius 3 is 2.71 bits per heavy atom. The zero-order valence-electron chi connectivity index (χ0n) is 13.5. The molecular weight excluding hydrogens is 328 g/mol. The highest BCUT2D eigenvalue weighted by atomic mass is 32.1. The highest BCUT2D eigenvalue weighted by Crippen LogP contribution is 2.37. The summed E-state index contributed by atoms with van der Waals surface area (Å²) in [4.78, 5) is 36.2. The second kappa shape index (κ2) is 8.44. The average Bonchev–Trinajstić information content (AvgIpc) is 2.91. The van der Waals surface area contributed by atoms with Gasteiger partial charge in [0, 0.05) is 11.0 Å². The van der Waals surface area contributed by atoms with Gasteiger partial charge in [0.15, 0.2) is 6.61 Å². The second-order valence-electron chi connectivity index (χ2n) is 5.32. The molecular formula is C17H20N2O4S. The molecule has 6 nitrogen and oxygen atoms in total. The minimum Gasteiger partial charge on any atom is -0.452 e. The molecule has 1 aromatic heterocycles. The van der Waals surface area contributed by atoms with Crippen molar-refractivity contribution in [3.63, 3.8) is 0 Å². The maximum atomic E-state index is 12.0. The monoisotopic (exact) mass is 348 g/mol. The van der Waals surface area contributed by atoms with Crippen LogP contribution < -0.4 is 11.1 Å².